The van der Waals surface area contributed by atoms with Crippen LogP contribution in [-0.2, 0) is 34.7 Å². The lowest BCUT2D eigenvalue weighted by molar-refractivity contribution is -0.137. The molecule has 0 aliphatic carbocycles. The Hall–Kier alpha value is -2.59. The summed E-state index contributed by atoms with van der Waals surface area (Å²) < 4.78 is 61.3. The number of aromatic nitrogens is 2. The average Bonchev–Trinajstić information content (AvgIpc) is 3.55. The Balaban J connectivity index is 1.74. The molecule has 1 aromatic heterocycles. The first kappa shape index (κ1) is 26.5. The highest BCUT2D eigenvalue weighted by Gasteiger charge is 2.32. The number of nitrogens with zero attached hydrogens (tertiary/aromatic N) is 3. The molecule has 3 heterocycles. The largest absolute Gasteiger partial charge is 0.490 e. The SMILES string of the molecule is Cn1c(C(C)(C)C)c/c(=N\C(=O)c2cc(C(F)(F)F)ccc2OC[C@H]2CCCO2)n1C[C@H]1CCCO1. The molecule has 0 radical (unpaired) electrons. The van der Waals surface area contributed by atoms with Crippen molar-refractivity contribution in [3.05, 3.63) is 46.6 Å². The van der Waals surface area contributed by atoms with E-state index in [2.05, 4.69) is 4.99 Å². The molecule has 36 heavy (non-hydrogen) atoms. The molecule has 7 nitrogen and oxygen atoms in total. The monoisotopic (exact) mass is 509 g/mol. The molecule has 4 rings (SSSR count). The fraction of sp³-hybridized carbons (Fsp3) is 0.615. The summed E-state index contributed by atoms with van der Waals surface area (Å²) in [4.78, 5) is 17.7. The third-order valence-corrected chi connectivity index (χ3v) is 6.61. The summed E-state index contributed by atoms with van der Waals surface area (Å²) in [6.45, 7) is 8.10. The van der Waals surface area contributed by atoms with E-state index in [1.54, 1.807) is 0 Å². The van der Waals surface area contributed by atoms with E-state index in [4.69, 9.17) is 14.2 Å². The third kappa shape index (κ3) is 6.03. The van der Waals surface area contributed by atoms with Gasteiger partial charge in [-0.15, -0.1) is 0 Å². The van der Waals surface area contributed by atoms with E-state index in [0.29, 0.717) is 25.2 Å². The van der Waals surface area contributed by atoms with Crippen LogP contribution in [0.3, 0.4) is 0 Å². The van der Waals surface area contributed by atoms with Gasteiger partial charge in [0.05, 0.1) is 29.9 Å². The van der Waals surface area contributed by atoms with E-state index in [-0.39, 0.29) is 35.5 Å². The van der Waals surface area contributed by atoms with E-state index in [1.165, 1.54) is 6.07 Å². The normalized spacial score (nSPS) is 21.4. The molecule has 2 aliphatic heterocycles. The summed E-state index contributed by atoms with van der Waals surface area (Å²) >= 11 is 0. The number of carbonyl (C=O) groups is 1. The second-order valence-corrected chi connectivity index (χ2v) is 10.5. The lowest BCUT2D eigenvalue weighted by Crippen LogP contribution is -2.30. The van der Waals surface area contributed by atoms with Gasteiger partial charge in [0, 0.05) is 37.4 Å². The molecule has 1 amide bonds. The van der Waals surface area contributed by atoms with Gasteiger partial charge in [0.2, 0.25) is 0 Å². The first-order valence-corrected chi connectivity index (χ1v) is 12.4. The van der Waals surface area contributed by atoms with Crippen LogP contribution in [0.15, 0.2) is 29.3 Å². The Kier molecular flexibility index (Phi) is 7.66. The van der Waals surface area contributed by atoms with E-state index in [9.17, 15) is 18.0 Å². The molecule has 0 bridgehead atoms. The van der Waals surface area contributed by atoms with Crippen LogP contribution in [0.25, 0.3) is 0 Å². The number of halogens is 3. The molecule has 1 aromatic carbocycles. The van der Waals surface area contributed by atoms with Gasteiger partial charge in [0.25, 0.3) is 5.91 Å². The number of benzene rings is 1. The average molecular weight is 510 g/mol. The Morgan fingerprint density at radius 3 is 2.33 bits per heavy atom. The fourth-order valence-electron chi connectivity index (χ4n) is 4.69. The maximum atomic E-state index is 13.5. The van der Waals surface area contributed by atoms with E-state index in [1.807, 2.05) is 43.2 Å². The fourth-order valence-corrected chi connectivity index (χ4v) is 4.69. The zero-order valence-corrected chi connectivity index (χ0v) is 21.2. The Labute approximate surface area is 208 Å². The zero-order valence-electron chi connectivity index (χ0n) is 21.2. The van der Waals surface area contributed by atoms with E-state index < -0.39 is 17.6 Å². The lowest BCUT2D eigenvalue weighted by Gasteiger charge is -2.21. The second kappa shape index (κ2) is 10.4. The highest BCUT2D eigenvalue weighted by Crippen LogP contribution is 2.33. The minimum absolute atomic E-state index is 0.0145. The zero-order chi connectivity index (χ0) is 26.1. The topological polar surface area (TPSA) is 67.0 Å². The summed E-state index contributed by atoms with van der Waals surface area (Å²) in [5.74, 6) is -0.736. The minimum Gasteiger partial charge on any atom is -0.490 e. The van der Waals surface area contributed by atoms with Gasteiger partial charge < -0.3 is 14.2 Å². The van der Waals surface area contributed by atoms with Crippen LogP contribution in [0.1, 0.15) is 68.1 Å². The Morgan fingerprint density at radius 1 is 1.08 bits per heavy atom. The maximum Gasteiger partial charge on any atom is 0.416 e. The summed E-state index contributed by atoms with van der Waals surface area (Å²) in [7, 11) is 1.89. The van der Waals surface area contributed by atoms with Crippen molar-refractivity contribution in [1.29, 1.82) is 0 Å². The van der Waals surface area contributed by atoms with Gasteiger partial charge in [-0.1, -0.05) is 20.8 Å². The van der Waals surface area contributed by atoms with Gasteiger partial charge in [-0.3, -0.25) is 14.2 Å². The summed E-state index contributed by atoms with van der Waals surface area (Å²) in [5.41, 5.74) is -0.0968. The smallest absolute Gasteiger partial charge is 0.416 e. The van der Waals surface area contributed by atoms with E-state index in [0.717, 1.165) is 43.5 Å². The molecule has 2 atom stereocenters. The molecule has 2 saturated heterocycles. The van der Waals surface area contributed by atoms with Crippen LogP contribution in [0.5, 0.6) is 5.75 Å². The van der Waals surface area contributed by atoms with Gasteiger partial charge in [-0.05, 0) is 43.9 Å². The summed E-state index contributed by atoms with van der Waals surface area (Å²) in [6.07, 6.45) is -1.21. The summed E-state index contributed by atoms with van der Waals surface area (Å²) in [6, 6.07) is 4.73. The van der Waals surface area contributed by atoms with Crippen molar-refractivity contribution in [2.75, 3.05) is 19.8 Å². The number of ether oxygens (including phenoxy) is 3. The molecule has 0 N–H and O–H groups in total. The molecule has 2 aromatic rings. The van der Waals surface area contributed by atoms with Gasteiger partial charge in [0.1, 0.15) is 12.4 Å². The highest BCUT2D eigenvalue weighted by molar-refractivity contribution is 5.97. The van der Waals surface area contributed by atoms with Gasteiger partial charge >= 0.3 is 6.18 Å². The Bertz CT molecular complexity index is 1150. The van der Waals surface area contributed by atoms with Crippen molar-refractivity contribution >= 4 is 5.91 Å². The van der Waals surface area contributed by atoms with Crippen molar-refractivity contribution in [2.45, 2.75) is 76.8 Å². The van der Waals surface area contributed by atoms with E-state index >= 15 is 0 Å². The molecule has 10 heteroatoms. The van der Waals surface area contributed by atoms with Crippen molar-refractivity contribution in [3.8, 4) is 5.75 Å². The van der Waals surface area contributed by atoms with Crippen molar-refractivity contribution in [2.24, 2.45) is 12.0 Å². The highest BCUT2D eigenvalue weighted by atomic mass is 19.4. The van der Waals surface area contributed by atoms with Gasteiger partial charge in [-0.25, -0.2) is 0 Å². The van der Waals surface area contributed by atoms with Crippen LogP contribution >= 0.6 is 0 Å². The number of hydrogen-bond acceptors (Lipinski definition) is 4. The Morgan fingerprint density at radius 2 is 1.75 bits per heavy atom. The number of carbonyl (C=O) groups excluding carboxylic acids is 1. The molecule has 0 saturated carbocycles. The predicted octanol–water partition coefficient (Wildman–Crippen LogP) is 4.62. The standard InChI is InChI=1S/C26H34F3N3O4/c1-25(2,3)22-14-23(32(31(22)4)15-18-7-5-11-34-18)30-24(33)20-13-17(26(27,28)29)9-10-21(20)36-16-19-8-6-12-35-19/h9-10,13-14,18-19H,5-8,11-12,15-16H2,1-4H3/b30-23+/t18-,19-/m1/s1. The third-order valence-electron chi connectivity index (χ3n) is 6.61. The molecule has 198 valence electrons. The number of rotatable bonds is 6. The van der Waals surface area contributed by atoms with Crippen LogP contribution in [0.4, 0.5) is 13.2 Å². The number of hydrogen-bond donors (Lipinski definition) is 0. The van der Waals surface area contributed by atoms with Crippen LogP contribution in [0.2, 0.25) is 0 Å². The van der Waals surface area contributed by atoms with Crippen molar-refractivity contribution in [1.82, 2.24) is 9.36 Å². The van der Waals surface area contributed by atoms with Crippen molar-refractivity contribution in [3.63, 3.8) is 0 Å². The van der Waals surface area contributed by atoms with Crippen LogP contribution in [0, 0.1) is 0 Å². The summed E-state index contributed by atoms with van der Waals surface area (Å²) in [5, 5.41) is 0. The molecule has 2 aliphatic rings. The van der Waals surface area contributed by atoms with Crippen LogP contribution < -0.4 is 10.2 Å². The molecule has 0 spiro atoms. The predicted molar refractivity (Wildman–Crippen MR) is 127 cm³/mol. The maximum absolute atomic E-state index is 13.5. The number of alkyl halides is 3. The second-order valence-electron chi connectivity index (χ2n) is 10.5. The van der Waals surface area contributed by atoms with Gasteiger partial charge in [0.15, 0.2) is 5.49 Å². The quantitative estimate of drug-likeness (QED) is 0.570. The molecular formula is C26H34F3N3O4. The van der Waals surface area contributed by atoms with Crippen LogP contribution in [-0.4, -0.2) is 47.3 Å². The van der Waals surface area contributed by atoms with Gasteiger partial charge in [-0.2, -0.15) is 18.2 Å². The first-order valence-electron chi connectivity index (χ1n) is 12.4. The molecule has 0 unspecified atom stereocenters. The molecule has 2 fully saturated rings. The first-order chi connectivity index (χ1) is 16.9. The molecular weight excluding hydrogens is 475 g/mol. The number of amides is 1. The lowest BCUT2D eigenvalue weighted by atomic mass is 9.92. The van der Waals surface area contributed by atoms with Crippen molar-refractivity contribution < 1.29 is 32.2 Å². The minimum atomic E-state index is -4.60.